The number of benzene rings is 1. The molecule has 2 atom stereocenters. The zero-order chi connectivity index (χ0) is 14.1. The Kier molecular flexibility index (Phi) is 3.66. The number of aryl methyl sites for hydroxylation is 1. The Morgan fingerprint density at radius 3 is 3.00 bits per heavy atom. The van der Waals surface area contributed by atoms with Gasteiger partial charge >= 0.3 is 0 Å². The van der Waals surface area contributed by atoms with Gasteiger partial charge in [-0.3, -0.25) is 0 Å². The zero-order valence-electron chi connectivity index (χ0n) is 12.3. The summed E-state index contributed by atoms with van der Waals surface area (Å²) in [5, 5.41) is 0. The molecule has 1 aliphatic carbocycles. The molecule has 0 radical (unpaired) electrons. The highest BCUT2D eigenvalue weighted by Crippen LogP contribution is 2.36. The van der Waals surface area contributed by atoms with E-state index in [0.717, 1.165) is 30.5 Å². The molecule has 108 valence electrons. The highest BCUT2D eigenvalue weighted by molar-refractivity contribution is 5.80. The second-order valence-electron chi connectivity index (χ2n) is 5.67. The summed E-state index contributed by atoms with van der Waals surface area (Å²) < 4.78 is 8.08. The number of hydrogen-bond acceptors (Lipinski definition) is 3. The monoisotopic (exact) mass is 273 g/mol. The summed E-state index contributed by atoms with van der Waals surface area (Å²) in [6.45, 7) is 2.19. The van der Waals surface area contributed by atoms with Gasteiger partial charge in [0, 0.05) is 19.2 Å². The van der Waals surface area contributed by atoms with Gasteiger partial charge in [-0.25, -0.2) is 4.98 Å². The number of nitrogens with zero attached hydrogens (tertiary/aromatic N) is 2. The lowest BCUT2D eigenvalue weighted by atomic mass is 10.2. The van der Waals surface area contributed by atoms with Crippen LogP contribution in [0.2, 0.25) is 0 Å². The molecule has 1 aliphatic rings. The van der Waals surface area contributed by atoms with Crippen molar-refractivity contribution in [2.24, 2.45) is 0 Å². The summed E-state index contributed by atoms with van der Waals surface area (Å²) in [6.07, 6.45) is 5.95. The maximum atomic E-state index is 5.89. The molecule has 0 bridgehead atoms. The molecule has 20 heavy (non-hydrogen) atoms. The first-order valence-corrected chi connectivity index (χ1v) is 7.53. The standard InChI is InChI=1S/C16H23N3O/c1-3-5-16-18-12-10-11(17)8-9-13(12)19(16)14-6-4-7-15(14)20-2/h8-10,14-15H,3-7,17H2,1-2H3. The number of aromatic nitrogens is 2. The summed E-state index contributed by atoms with van der Waals surface area (Å²) in [5.74, 6) is 1.17. The van der Waals surface area contributed by atoms with Crippen LogP contribution in [0.1, 0.15) is 44.5 Å². The van der Waals surface area contributed by atoms with Gasteiger partial charge in [0.1, 0.15) is 5.82 Å². The minimum atomic E-state index is 0.306. The highest BCUT2D eigenvalue weighted by atomic mass is 16.5. The molecule has 0 saturated heterocycles. The fraction of sp³-hybridized carbons (Fsp3) is 0.562. The average molecular weight is 273 g/mol. The molecule has 1 saturated carbocycles. The molecule has 1 aromatic heterocycles. The Labute approximate surface area is 119 Å². The van der Waals surface area contributed by atoms with Crippen LogP contribution in [0, 0.1) is 0 Å². The van der Waals surface area contributed by atoms with Crippen LogP contribution in [0.15, 0.2) is 18.2 Å². The summed E-state index contributed by atoms with van der Waals surface area (Å²) in [4.78, 5) is 4.80. The van der Waals surface area contributed by atoms with Gasteiger partial charge in [0.05, 0.1) is 23.2 Å². The smallest absolute Gasteiger partial charge is 0.110 e. The molecule has 2 aromatic rings. The van der Waals surface area contributed by atoms with E-state index in [1.807, 2.05) is 19.2 Å². The molecule has 1 aromatic carbocycles. The van der Waals surface area contributed by atoms with Crippen molar-refractivity contribution in [1.29, 1.82) is 0 Å². The van der Waals surface area contributed by atoms with Crippen LogP contribution >= 0.6 is 0 Å². The van der Waals surface area contributed by atoms with Crippen molar-refractivity contribution < 1.29 is 4.74 Å². The number of methoxy groups -OCH3 is 1. The average Bonchev–Trinajstić information content (AvgIpc) is 3.01. The van der Waals surface area contributed by atoms with Crippen LogP contribution in [0.25, 0.3) is 11.0 Å². The second kappa shape index (κ2) is 5.44. The minimum Gasteiger partial charge on any atom is -0.399 e. The van der Waals surface area contributed by atoms with E-state index in [1.165, 1.54) is 24.2 Å². The van der Waals surface area contributed by atoms with Crippen LogP contribution in [0.5, 0.6) is 0 Å². The van der Waals surface area contributed by atoms with Crippen molar-refractivity contribution in [3.63, 3.8) is 0 Å². The van der Waals surface area contributed by atoms with E-state index in [9.17, 15) is 0 Å². The van der Waals surface area contributed by atoms with Crippen LogP contribution in [0.4, 0.5) is 5.69 Å². The first-order chi connectivity index (χ1) is 9.74. The van der Waals surface area contributed by atoms with Crippen molar-refractivity contribution in [3.05, 3.63) is 24.0 Å². The number of nitrogens with two attached hydrogens (primary N) is 1. The quantitative estimate of drug-likeness (QED) is 0.869. The van der Waals surface area contributed by atoms with E-state index in [0.29, 0.717) is 12.1 Å². The topological polar surface area (TPSA) is 53.1 Å². The Bertz CT molecular complexity index is 605. The lowest BCUT2D eigenvalue weighted by Crippen LogP contribution is -2.22. The van der Waals surface area contributed by atoms with E-state index in [4.69, 9.17) is 15.5 Å². The van der Waals surface area contributed by atoms with E-state index < -0.39 is 0 Å². The summed E-state index contributed by atoms with van der Waals surface area (Å²) >= 11 is 0. The molecule has 2 unspecified atom stereocenters. The number of rotatable bonds is 4. The number of imidazole rings is 1. The lowest BCUT2D eigenvalue weighted by molar-refractivity contribution is 0.0752. The van der Waals surface area contributed by atoms with Crippen molar-refractivity contribution in [1.82, 2.24) is 9.55 Å². The van der Waals surface area contributed by atoms with Gasteiger partial charge < -0.3 is 15.0 Å². The van der Waals surface area contributed by atoms with Crippen molar-refractivity contribution in [3.8, 4) is 0 Å². The molecule has 0 spiro atoms. The Morgan fingerprint density at radius 1 is 1.40 bits per heavy atom. The third-order valence-corrected chi connectivity index (χ3v) is 4.31. The molecule has 1 heterocycles. The molecule has 4 nitrogen and oxygen atoms in total. The third-order valence-electron chi connectivity index (χ3n) is 4.31. The maximum Gasteiger partial charge on any atom is 0.110 e. The van der Waals surface area contributed by atoms with Crippen molar-refractivity contribution in [2.75, 3.05) is 12.8 Å². The zero-order valence-corrected chi connectivity index (χ0v) is 12.3. The molecule has 0 aliphatic heterocycles. The third kappa shape index (κ3) is 2.18. The summed E-state index contributed by atoms with van der Waals surface area (Å²) in [6, 6.07) is 6.45. The lowest BCUT2D eigenvalue weighted by Gasteiger charge is -2.22. The number of hydrogen-bond donors (Lipinski definition) is 1. The second-order valence-corrected chi connectivity index (χ2v) is 5.67. The Balaban J connectivity index is 2.13. The van der Waals surface area contributed by atoms with Crippen LogP contribution in [0.3, 0.4) is 0 Å². The number of nitrogen functional groups attached to an aromatic ring is 1. The van der Waals surface area contributed by atoms with E-state index in [1.54, 1.807) is 0 Å². The number of fused-ring (bicyclic) bond motifs is 1. The fourth-order valence-corrected chi connectivity index (χ4v) is 3.41. The van der Waals surface area contributed by atoms with Gasteiger partial charge in [-0.2, -0.15) is 0 Å². The SMILES string of the molecule is CCCc1nc2cc(N)ccc2n1C1CCCC1OC. The fourth-order valence-electron chi connectivity index (χ4n) is 3.41. The summed E-state index contributed by atoms with van der Waals surface area (Å²) in [7, 11) is 1.82. The first-order valence-electron chi connectivity index (χ1n) is 7.53. The Morgan fingerprint density at radius 2 is 2.25 bits per heavy atom. The van der Waals surface area contributed by atoms with Gasteiger partial charge in [-0.05, 0) is 43.9 Å². The molecule has 2 N–H and O–H groups in total. The van der Waals surface area contributed by atoms with Crippen molar-refractivity contribution >= 4 is 16.7 Å². The van der Waals surface area contributed by atoms with Gasteiger partial charge in [0.25, 0.3) is 0 Å². The largest absolute Gasteiger partial charge is 0.399 e. The molecule has 4 heteroatoms. The first kappa shape index (κ1) is 13.4. The Hall–Kier alpha value is -1.55. The molecular weight excluding hydrogens is 250 g/mol. The number of ether oxygens (including phenoxy) is 1. The van der Waals surface area contributed by atoms with Gasteiger partial charge in [-0.15, -0.1) is 0 Å². The molecule has 1 fully saturated rings. The van der Waals surface area contributed by atoms with Gasteiger partial charge in [-0.1, -0.05) is 6.92 Å². The van der Waals surface area contributed by atoms with Gasteiger partial charge in [0.15, 0.2) is 0 Å². The normalized spacial score (nSPS) is 22.7. The highest BCUT2D eigenvalue weighted by Gasteiger charge is 2.31. The summed E-state index contributed by atoms with van der Waals surface area (Å²) in [5.41, 5.74) is 8.87. The van der Waals surface area contributed by atoms with Crippen LogP contribution in [-0.2, 0) is 11.2 Å². The molecule has 3 rings (SSSR count). The van der Waals surface area contributed by atoms with Crippen LogP contribution in [-0.4, -0.2) is 22.8 Å². The maximum absolute atomic E-state index is 5.89. The molecular formula is C16H23N3O. The predicted octanol–water partition coefficient (Wildman–Crippen LogP) is 3.31. The van der Waals surface area contributed by atoms with Crippen LogP contribution < -0.4 is 5.73 Å². The van der Waals surface area contributed by atoms with E-state index in [2.05, 4.69) is 17.6 Å². The predicted molar refractivity (Wildman–Crippen MR) is 81.8 cm³/mol. The van der Waals surface area contributed by atoms with E-state index in [-0.39, 0.29) is 0 Å². The van der Waals surface area contributed by atoms with Gasteiger partial charge in [0.2, 0.25) is 0 Å². The van der Waals surface area contributed by atoms with Crippen molar-refractivity contribution in [2.45, 2.75) is 51.2 Å². The minimum absolute atomic E-state index is 0.306. The number of anilines is 1. The van der Waals surface area contributed by atoms with E-state index >= 15 is 0 Å². The molecule has 0 amide bonds.